The van der Waals surface area contributed by atoms with Crippen molar-refractivity contribution < 1.29 is 8.66 Å². The van der Waals surface area contributed by atoms with Gasteiger partial charge in [0.2, 0.25) is 0 Å². The molecule has 7 heteroatoms. The molecule has 1 rings (SSSR count). The van der Waals surface area contributed by atoms with Crippen molar-refractivity contribution in [1.29, 1.82) is 0 Å². The smallest absolute Gasteiger partial charge is 0.247 e. The molecule has 70 valence electrons. The Labute approximate surface area is 76.1 Å². The van der Waals surface area contributed by atoms with Crippen LogP contribution in [-0.2, 0) is 0 Å². The summed E-state index contributed by atoms with van der Waals surface area (Å²) in [4.78, 5) is 20.8. The molecule has 1 aromatic rings. The quantitative estimate of drug-likeness (QED) is 0.456. The molecule has 0 aliphatic heterocycles. The zero-order valence-corrected chi connectivity index (χ0v) is 7.26. The fourth-order valence-electron chi connectivity index (χ4n) is 0.810. The minimum absolute atomic E-state index is 0.146. The Hall–Kier alpha value is -1.63. The Morgan fingerprint density at radius 3 is 1.85 bits per heavy atom. The zero-order valence-electron chi connectivity index (χ0n) is 6.36. The normalized spacial score (nSPS) is 10.6. The lowest BCUT2D eigenvalue weighted by Crippen LogP contribution is -2.05. The Kier molecular flexibility index (Phi) is 2.80. The second kappa shape index (κ2) is 3.85. The highest BCUT2D eigenvalue weighted by Crippen LogP contribution is 2.35. The van der Waals surface area contributed by atoms with Crippen LogP contribution in [0.4, 0.5) is 0 Å². The van der Waals surface area contributed by atoms with E-state index in [1.807, 2.05) is 0 Å². The van der Waals surface area contributed by atoms with E-state index >= 15 is 0 Å². The molecule has 0 radical (unpaired) electrons. The monoisotopic (exact) mass is 202 g/mol. The van der Waals surface area contributed by atoms with Crippen molar-refractivity contribution in [3.8, 4) is 0 Å². The Morgan fingerprint density at radius 2 is 1.46 bits per heavy atom. The van der Waals surface area contributed by atoms with E-state index in [1.165, 1.54) is 24.3 Å². The molecular weight excluding hydrogens is 196 g/mol. The van der Waals surface area contributed by atoms with Crippen LogP contribution in [-0.4, -0.2) is 8.66 Å². The van der Waals surface area contributed by atoms with Gasteiger partial charge in [-0.15, -0.1) is 0 Å². The van der Waals surface area contributed by atoms with Crippen molar-refractivity contribution in [2.24, 2.45) is 0 Å². The van der Waals surface area contributed by atoms with Crippen molar-refractivity contribution in [2.45, 2.75) is 4.90 Å². The summed E-state index contributed by atoms with van der Waals surface area (Å²) in [6, 6.07) is 7.50. The molecule has 0 amide bonds. The lowest BCUT2D eigenvalue weighted by molar-refractivity contribution is -0.400. The van der Waals surface area contributed by atoms with Crippen molar-refractivity contribution >= 4 is 11.3 Å². The summed E-state index contributed by atoms with van der Waals surface area (Å²) in [6.45, 7) is 0. The summed E-state index contributed by atoms with van der Waals surface area (Å²) in [5.41, 5.74) is 0. The van der Waals surface area contributed by atoms with E-state index in [1.54, 1.807) is 6.07 Å². The van der Waals surface area contributed by atoms with Crippen molar-refractivity contribution in [3.63, 3.8) is 0 Å². The average molecular weight is 202 g/mol. The molecule has 6 nitrogen and oxygen atoms in total. The Balaban J connectivity index is 3.03. The minimum atomic E-state index is -2.53. The molecule has 1 aromatic carbocycles. The molecular formula is C6H6N2O4S. The van der Waals surface area contributed by atoms with Gasteiger partial charge in [0, 0.05) is 0 Å². The zero-order chi connectivity index (χ0) is 9.84. The molecule has 0 N–H and O–H groups in total. The third-order valence-corrected chi connectivity index (χ3v) is 2.68. The van der Waals surface area contributed by atoms with Crippen LogP contribution in [0.3, 0.4) is 0 Å². The SMILES string of the molecule is O=[N+]([O-])[SH](c1ccccc1)[N+](=O)[O-]. The second-order valence-electron chi connectivity index (χ2n) is 2.10. The van der Waals surface area contributed by atoms with Gasteiger partial charge in [0.1, 0.15) is 13.6 Å². The van der Waals surface area contributed by atoms with E-state index in [9.17, 15) is 20.2 Å². The maximum Gasteiger partial charge on any atom is 0.299 e. The van der Waals surface area contributed by atoms with Gasteiger partial charge in [-0.2, -0.15) is 0 Å². The van der Waals surface area contributed by atoms with Gasteiger partial charge >= 0.3 is 0 Å². The number of benzene rings is 1. The van der Waals surface area contributed by atoms with Gasteiger partial charge < -0.3 is 0 Å². The number of rotatable bonds is 3. The van der Waals surface area contributed by atoms with Crippen LogP contribution in [0.2, 0.25) is 0 Å². The first kappa shape index (κ1) is 9.46. The van der Waals surface area contributed by atoms with Gasteiger partial charge in [-0.1, -0.05) is 18.2 Å². The van der Waals surface area contributed by atoms with E-state index in [2.05, 4.69) is 0 Å². The highest BCUT2D eigenvalue weighted by atomic mass is 32.2. The lowest BCUT2D eigenvalue weighted by Gasteiger charge is -2.02. The number of nitrogens with zero attached hydrogens (tertiary/aromatic N) is 2. The first-order valence-electron chi connectivity index (χ1n) is 3.26. The fourth-order valence-corrected chi connectivity index (χ4v) is 1.74. The number of nitro groups is 2. The third-order valence-electron chi connectivity index (χ3n) is 1.30. The molecule has 13 heavy (non-hydrogen) atoms. The molecule has 0 atom stereocenters. The standard InChI is InChI=1S/C6H6N2O4S/c9-7(10)13(8(11)12)6-4-2-1-3-5-6/h1-5,13H. The van der Waals surface area contributed by atoms with Crippen LogP contribution in [0.15, 0.2) is 35.2 Å². The number of hydrogen-bond donors (Lipinski definition) is 1. The summed E-state index contributed by atoms with van der Waals surface area (Å²) in [5, 5.41) is 20.7. The molecule has 0 unspecified atom stereocenters. The third kappa shape index (κ3) is 2.15. The highest BCUT2D eigenvalue weighted by Gasteiger charge is 2.28. The van der Waals surface area contributed by atoms with Crippen LogP contribution in [0.1, 0.15) is 0 Å². The molecule has 0 aromatic heterocycles. The Bertz CT molecular complexity index is 315. The molecule has 0 heterocycles. The topological polar surface area (TPSA) is 86.3 Å². The molecule has 0 fully saturated rings. The second-order valence-corrected chi connectivity index (χ2v) is 3.85. The molecule has 0 saturated heterocycles. The highest BCUT2D eigenvalue weighted by molar-refractivity contribution is 8.06. The van der Waals surface area contributed by atoms with Gasteiger partial charge in [0.05, 0.1) is 0 Å². The predicted molar refractivity (Wildman–Crippen MR) is 47.7 cm³/mol. The lowest BCUT2D eigenvalue weighted by atomic mass is 10.4. The van der Waals surface area contributed by atoms with E-state index in [0.717, 1.165) is 0 Å². The van der Waals surface area contributed by atoms with E-state index in [4.69, 9.17) is 0 Å². The summed E-state index contributed by atoms with van der Waals surface area (Å²) in [6.07, 6.45) is 0. The molecule has 0 spiro atoms. The molecule has 0 saturated carbocycles. The van der Waals surface area contributed by atoms with Crippen molar-refractivity contribution in [3.05, 3.63) is 50.6 Å². The summed E-state index contributed by atoms with van der Waals surface area (Å²) in [5.74, 6) is 0. The van der Waals surface area contributed by atoms with E-state index in [0.29, 0.717) is 0 Å². The van der Waals surface area contributed by atoms with E-state index in [-0.39, 0.29) is 4.90 Å². The molecule has 0 aliphatic rings. The summed E-state index contributed by atoms with van der Waals surface area (Å²) < 4.78 is -1.71. The van der Waals surface area contributed by atoms with Crippen LogP contribution < -0.4 is 0 Å². The number of hydrogen-bond acceptors (Lipinski definition) is 4. The summed E-state index contributed by atoms with van der Waals surface area (Å²) in [7, 11) is 0. The van der Waals surface area contributed by atoms with Gasteiger partial charge in [-0.3, -0.25) is 0 Å². The molecule has 0 bridgehead atoms. The molecule has 0 aliphatic carbocycles. The van der Waals surface area contributed by atoms with Crippen molar-refractivity contribution in [2.75, 3.05) is 0 Å². The van der Waals surface area contributed by atoms with Gasteiger partial charge in [-0.05, 0) is 12.1 Å². The largest absolute Gasteiger partial charge is 0.299 e. The number of thiol groups is 1. The minimum Gasteiger partial charge on any atom is -0.247 e. The summed E-state index contributed by atoms with van der Waals surface area (Å²) >= 11 is -2.53. The van der Waals surface area contributed by atoms with Crippen LogP contribution in [0.5, 0.6) is 0 Å². The van der Waals surface area contributed by atoms with Crippen LogP contribution in [0.25, 0.3) is 0 Å². The average Bonchev–Trinajstić information content (AvgIpc) is 2.04. The van der Waals surface area contributed by atoms with Gasteiger partial charge in [0.15, 0.2) is 0 Å². The first-order valence-corrected chi connectivity index (χ1v) is 4.51. The van der Waals surface area contributed by atoms with Gasteiger partial charge in [0.25, 0.3) is 11.3 Å². The maximum atomic E-state index is 10.3. The fraction of sp³-hybridized carbons (Fsp3) is 0. The van der Waals surface area contributed by atoms with E-state index < -0.39 is 19.9 Å². The van der Waals surface area contributed by atoms with Gasteiger partial charge in [-0.25, -0.2) is 20.2 Å². The van der Waals surface area contributed by atoms with Crippen molar-refractivity contribution in [1.82, 2.24) is 0 Å². The Morgan fingerprint density at radius 1 is 1.00 bits per heavy atom. The first-order chi connectivity index (χ1) is 6.13. The van der Waals surface area contributed by atoms with Crippen LogP contribution in [0, 0.1) is 20.2 Å². The van der Waals surface area contributed by atoms with Crippen LogP contribution >= 0.6 is 11.3 Å². The maximum absolute atomic E-state index is 10.3. The predicted octanol–water partition coefficient (Wildman–Crippen LogP) is 1.43.